The zero-order chi connectivity index (χ0) is 10.7. The fraction of sp³-hybridized carbons (Fsp3) is 0.222. The van der Waals surface area contributed by atoms with Crippen LogP contribution >= 0.6 is 0 Å². The zero-order valence-corrected chi connectivity index (χ0v) is 8.04. The van der Waals surface area contributed by atoms with Crippen molar-refractivity contribution < 1.29 is 5.11 Å². The molecule has 0 aliphatic carbocycles. The Bertz CT molecular complexity index is 490. The summed E-state index contributed by atoms with van der Waals surface area (Å²) in [6.07, 6.45) is 7.43. The number of imidazole rings is 1. The first-order valence-electron chi connectivity index (χ1n) is 4.54. The largest absolute Gasteiger partial charge is 0.396 e. The van der Waals surface area contributed by atoms with Gasteiger partial charge in [0.25, 0.3) is 0 Å². The Morgan fingerprint density at radius 3 is 3.13 bits per heavy atom. The summed E-state index contributed by atoms with van der Waals surface area (Å²) in [6.45, 7) is 0.125. The molecule has 0 amide bonds. The van der Waals surface area contributed by atoms with Crippen LogP contribution < -0.4 is 5.73 Å². The number of hydrogen-bond acceptors (Lipinski definition) is 5. The molecule has 15 heavy (non-hydrogen) atoms. The van der Waals surface area contributed by atoms with Crippen LogP contribution in [-0.4, -0.2) is 31.2 Å². The third kappa shape index (κ3) is 1.94. The van der Waals surface area contributed by atoms with Crippen molar-refractivity contribution in [3.8, 4) is 0 Å². The van der Waals surface area contributed by atoms with Gasteiger partial charge in [0.15, 0.2) is 5.65 Å². The predicted molar refractivity (Wildman–Crippen MR) is 56.8 cm³/mol. The first-order chi connectivity index (χ1) is 7.31. The molecule has 3 N–H and O–H groups in total. The second-order valence-electron chi connectivity index (χ2n) is 2.99. The SMILES string of the molecule is Nc1ncc2ncn(/C=C/CCO)c2n1. The number of nitrogen functional groups attached to an aromatic ring is 1. The Kier molecular flexibility index (Phi) is 2.59. The number of nitrogens with zero attached hydrogens (tertiary/aromatic N) is 4. The van der Waals surface area contributed by atoms with Gasteiger partial charge in [-0.1, -0.05) is 6.08 Å². The van der Waals surface area contributed by atoms with Crippen LogP contribution in [0.5, 0.6) is 0 Å². The summed E-state index contributed by atoms with van der Waals surface area (Å²) < 4.78 is 1.74. The zero-order valence-electron chi connectivity index (χ0n) is 8.04. The Hall–Kier alpha value is -1.95. The molecule has 2 heterocycles. The fourth-order valence-electron chi connectivity index (χ4n) is 1.21. The van der Waals surface area contributed by atoms with Crippen molar-refractivity contribution in [2.75, 3.05) is 12.3 Å². The number of hydrogen-bond donors (Lipinski definition) is 2. The van der Waals surface area contributed by atoms with E-state index in [1.807, 2.05) is 6.08 Å². The second kappa shape index (κ2) is 4.05. The molecule has 78 valence electrons. The molecular weight excluding hydrogens is 194 g/mol. The predicted octanol–water partition coefficient (Wildman–Crippen LogP) is 0.262. The van der Waals surface area contributed by atoms with Gasteiger partial charge in [-0.2, -0.15) is 4.98 Å². The molecule has 0 atom stereocenters. The first-order valence-corrected chi connectivity index (χ1v) is 4.54. The van der Waals surface area contributed by atoms with Gasteiger partial charge in [-0.05, 0) is 6.42 Å². The Morgan fingerprint density at radius 2 is 2.33 bits per heavy atom. The lowest BCUT2D eigenvalue weighted by Crippen LogP contribution is -1.95. The lowest BCUT2D eigenvalue weighted by Gasteiger charge is -1.95. The van der Waals surface area contributed by atoms with Crippen LogP contribution in [0.1, 0.15) is 6.42 Å². The summed E-state index contributed by atoms with van der Waals surface area (Å²) in [5.41, 5.74) is 6.84. The molecule has 0 unspecified atom stereocenters. The van der Waals surface area contributed by atoms with Crippen LogP contribution in [0.15, 0.2) is 18.6 Å². The molecule has 0 aromatic carbocycles. The molecule has 0 bridgehead atoms. The van der Waals surface area contributed by atoms with Gasteiger partial charge in [0.2, 0.25) is 5.95 Å². The van der Waals surface area contributed by atoms with Crippen molar-refractivity contribution >= 4 is 23.3 Å². The Balaban J connectivity index is 2.39. The van der Waals surface area contributed by atoms with Gasteiger partial charge in [-0.25, -0.2) is 9.97 Å². The van der Waals surface area contributed by atoms with Crippen LogP contribution in [-0.2, 0) is 0 Å². The highest BCUT2D eigenvalue weighted by Crippen LogP contribution is 2.09. The Morgan fingerprint density at radius 1 is 1.47 bits per heavy atom. The van der Waals surface area contributed by atoms with Gasteiger partial charge in [0, 0.05) is 12.8 Å². The molecule has 6 nitrogen and oxygen atoms in total. The van der Waals surface area contributed by atoms with E-state index < -0.39 is 0 Å². The number of rotatable bonds is 3. The molecule has 2 aromatic heterocycles. The normalized spacial score (nSPS) is 11.5. The molecule has 0 saturated carbocycles. The summed E-state index contributed by atoms with van der Waals surface area (Å²) in [5.74, 6) is 0.222. The maximum Gasteiger partial charge on any atom is 0.222 e. The second-order valence-corrected chi connectivity index (χ2v) is 2.99. The van der Waals surface area contributed by atoms with E-state index in [-0.39, 0.29) is 12.6 Å². The van der Waals surface area contributed by atoms with Gasteiger partial charge in [-0.15, -0.1) is 0 Å². The van der Waals surface area contributed by atoms with Crippen molar-refractivity contribution in [2.24, 2.45) is 0 Å². The van der Waals surface area contributed by atoms with Gasteiger partial charge in [0.1, 0.15) is 11.8 Å². The van der Waals surface area contributed by atoms with E-state index in [0.717, 1.165) is 0 Å². The van der Waals surface area contributed by atoms with Gasteiger partial charge < -0.3 is 10.8 Å². The van der Waals surface area contributed by atoms with Crippen LogP contribution in [0.2, 0.25) is 0 Å². The minimum absolute atomic E-state index is 0.125. The van der Waals surface area contributed by atoms with Crippen molar-refractivity contribution in [1.82, 2.24) is 19.5 Å². The van der Waals surface area contributed by atoms with Crippen molar-refractivity contribution in [1.29, 1.82) is 0 Å². The van der Waals surface area contributed by atoms with Gasteiger partial charge in [0.05, 0.1) is 6.20 Å². The van der Waals surface area contributed by atoms with Gasteiger partial charge >= 0.3 is 0 Å². The van der Waals surface area contributed by atoms with Crippen LogP contribution in [0.25, 0.3) is 17.4 Å². The first kappa shape index (κ1) is 9.60. The summed E-state index contributed by atoms with van der Waals surface area (Å²) in [4.78, 5) is 12.0. The average Bonchev–Trinajstić information content (AvgIpc) is 2.62. The van der Waals surface area contributed by atoms with E-state index >= 15 is 0 Å². The summed E-state index contributed by atoms with van der Waals surface area (Å²) >= 11 is 0. The van der Waals surface area contributed by atoms with Crippen LogP contribution in [0.3, 0.4) is 0 Å². The van der Waals surface area contributed by atoms with Crippen LogP contribution in [0.4, 0.5) is 5.95 Å². The third-order valence-electron chi connectivity index (χ3n) is 1.90. The molecular formula is C9H11N5O. The quantitative estimate of drug-likeness (QED) is 0.750. The van der Waals surface area contributed by atoms with E-state index in [4.69, 9.17) is 10.8 Å². The lowest BCUT2D eigenvalue weighted by atomic mass is 10.4. The number of aromatic nitrogens is 4. The van der Waals surface area contributed by atoms with E-state index in [1.54, 1.807) is 23.3 Å². The van der Waals surface area contributed by atoms with E-state index in [9.17, 15) is 0 Å². The molecule has 0 aliphatic heterocycles. The topological polar surface area (TPSA) is 89.8 Å². The number of aliphatic hydroxyl groups is 1. The maximum atomic E-state index is 8.63. The summed E-state index contributed by atoms with van der Waals surface area (Å²) in [5, 5.41) is 8.63. The summed E-state index contributed by atoms with van der Waals surface area (Å²) in [7, 11) is 0. The van der Waals surface area contributed by atoms with Crippen molar-refractivity contribution in [3.05, 3.63) is 18.6 Å². The van der Waals surface area contributed by atoms with Crippen molar-refractivity contribution in [3.63, 3.8) is 0 Å². The highest BCUT2D eigenvalue weighted by molar-refractivity contribution is 5.72. The van der Waals surface area contributed by atoms with Crippen LogP contribution in [0, 0.1) is 0 Å². The molecule has 0 aliphatic rings. The minimum atomic E-state index is 0.125. The smallest absolute Gasteiger partial charge is 0.222 e. The minimum Gasteiger partial charge on any atom is -0.396 e. The number of nitrogens with two attached hydrogens (primary N) is 1. The van der Waals surface area contributed by atoms with Gasteiger partial charge in [-0.3, -0.25) is 4.57 Å². The highest BCUT2D eigenvalue weighted by Gasteiger charge is 2.02. The molecule has 0 saturated heterocycles. The van der Waals surface area contributed by atoms with E-state index in [2.05, 4.69) is 15.0 Å². The van der Waals surface area contributed by atoms with E-state index in [0.29, 0.717) is 17.6 Å². The molecule has 2 rings (SSSR count). The lowest BCUT2D eigenvalue weighted by molar-refractivity contribution is 0.303. The average molecular weight is 205 g/mol. The monoisotopic (exact) mass is 205 g/mol. The molecule has 0 spiro atoms. The van der Waals surface area contributed by atoms with E-state index in [1.165, 1.54) is 0 Å². The Labute approximate surface area is 86.1 Å². The number of fused-ring (bicyclic) bond motifs is 1. The fourth-order valence-corrected chi connectivity index (χ4v) is 1.21. The maximum absolute atomic E-state index is 8.63. The number of anilines is 1. The molecule has 6 heteroatoms. The number of aliphatic hydroxyl groups excluding tert-OH is 1. The molecule has 0 radical (unpaired) electrons. The highest BCUT2D eigenvalue weighted by atomic mass is 16.2. The molecule has 0 fully saturated rings. The third-order valence-corrected chi connectivity index (χ3v) is 1.90. The molecule has 2 aromatic rings. The summed E-state index contributed by atoms with van der Waals surface area (Å²) in [6, 6.07) is 0. The standard InChI is InChI=1S/C9H11N5O/c10-9-11-5-7-8(13-9)14(6-12-7)3-1-2-4-15/h1,3,5-6,15H,2,4H2,(H2,10,11,13)/b3-1+. The van der Waals surface area contributed by atoms with Crippen molar-refractivity contribution in [2.45, 2.75) is 6.42 Å².